The van der Waals surface area contributed by atoms with Crippen LogP contribution in [0.4, 0.5) is 4.39 Å². The van der Waals surface area contributed by atoms with Crippen molar-refractivity contribution in [3.05, 3.63) is 29.0 Å². The number of halogens is 2. The Morgan fingerprint density at radius 2 is 2.05 bits per heavy atom. The van der Waals surface area contributed by atoms with Crippen molar-refractivity contribution in [1.29, 1.82) is 0 Å². The van der Waals surface area contributed by atoms with Crippen LogP contribution in [0, 0.1) is 11.2 Å². The Morgan fingerprint density at radius 3 is 2.52 bits per heavy atom. The Bertz CT molecular complexity index is 542. The van der Waals surface area contributed by atoms with E-state index >= 15 is 0 Å². The molecule has 1 unspecified atom stereocenters. The molecule has 0 saturated carbocycles. The fourth-order valence-corrected chi connectivity index (χ4v) is 1.81. The summed E-state index contributed by atoms with van der Waals surface area (Å²) in [5, 5.41) is 11.5. The molecule has 0 radical (unpaired) electrons. The largest absolute Gasteiger partial charge is 0.482 e. The normalized spacial score (nSPS) is 12.6. The molecule has 1 aromatic rings. The van der Waals surface area contributed by atoms with Gasteiger partial charge in [-0.2, -0.15) is 0 Å². The third-order valence-corrected chi connectivity index (χ3v) is 2.97. The van der Waals surface area contributed by atoms with Crippen LogP contribution in [-0.4, -0.2) is 29.6 Å². The van der Waals surface area contributed by atoms with Gasteiger partial charge in [0.2, 0.25) is 0 Å². The Hall–Kier alpha value is -1.82. The van der Waals surface area contributed by atoms with Crippen LogP contribution in [0.15, 0.2) is 18.2 Å². The number of benzene rings is 1. The molecule has 5 nitrogen and oxygen atoms in total. The van der Waals surface area contributed by atoms with E-state index in [1.165, 1.54) is 6.07 Å². The van der Waals surface area contributed by atoms with Gasteiger partial charge in [0.1, 0.15) is 17.6 Å². The molecule has 0 saturated heterocycles. The molecule has 1 amide bonds. The summed E-state index contributed by atoms with van der Waals surface area (Å²) in [5.74, 6) is -2.10. The van der Waals surface area contributed by atoms with Crippen LogP contribution in [0.5, 0.6) is 5.75 Å². The van der Waals surface area contributed by atoms with E-state index in [9.17, 15) is 14.0 Å². The van der Waals surface area contributed by atoms with Crippen LogP contribution < -0.4 is 10.1 Å². The number of aliphatic carboxylic acids is 1. The number of ether oxygens (including phenoxy) is 1. The fraction of sp³-hybridized carbons (Fsp3) is 0.429. The van der Waals surface area contributed by atoms with Crippen molar-refractivity contribution in [2.24, 2.45) is 5.41 Å². The molecule has 0 aliphatic carbocycles. The Balaban J connectivity index is 2.63. The first-order valence-electron chi connectivity index (χ1n) is 6.21. The van der Waals surface area contributed by atoms with E-state index in [4.69, 9.17) is 21.4 Å². The van der Waals surface area contributed by atoms with Gasteiger partial charge < -0.3 is 15.2 Å². The minimum absolute atomic E-state index is 0.0356. The maximum absolute atomic E-state index is 12.9. The van der Waals surface area contributed by atoms with Gasteiger partial charge in [-0.15, -0.1) is 0 Å². The van der Waals surface area contributed by atoms with Crippen molar-refractivity contribution in [3.8, 4) is 5.75 Å². The second kappa shape index (κ2) is 6.76. The second-order valence-electron chi connectivity index (χ2n) is 5.57. The topological polar surface area (TPSA) is 75.6 Å². The lowest BCUT2D eigenvalue weighted by Gasteiger charge is -2.27. The lowest BCUT2D eigenvalue weighted by atomic mass is 9.87. The van der Waals surface area contributed by atoms with Crippen molar-refractivity contribution >= 4 is 23.5 Å². The average molecular weight is 318 g/mol. The highest BCUT2D eigenvalue weighted by Gasteiger charge is 2.32. The van der Waals surface area contributed by atoms with Gasteiger partial charge in [-0.1, -0.05) is 32.4 Å². The van der Waals surface area contributed by atoms with Crippen LogP contribution in [0.3, 0.4) is 0 Å². The van der Waals surface area contributed by atoms with E-state index in [0.29, 0.717) is 0 Å². The lowest BCUT2D eigenvalue weighted by Crippen LogP contribution is -2.50. The highest BCUT2D eigenvalue weighted by molar-refractivity contribution is 6.32. The summed E-state index contributed by atoms with van der Waals surface area (Å²) >= 11 is 5.75. The standard InChI is InChI=1S/C14H17ClFNO4/c1-14(2,3)12(13(19)20)17-11(18)7-21-10-5-4-8(16)6-9(10)15/h4-6,12H,7H2,1-3H3,(H,17,18)(H,19,20). The van der Waals surface area contributed by atoms with Gasteiger partial charge in [0, 0.05) is 0 Å². The predicted octanol–water partition coefficient (Wildman–Crippen LogP) is 2.47. The molecule has 0 spiro atoms. The van der Waals surface area contributed by atoms with E-state index in [0.717, 1.165) is 12.1 Å². The van der Waals surface area contributed by atoms with Crippen LogP contribution in [-0.2, 0) is 9.59 Å². The quantitative estimate of drug-likeness (QED) is 0.874. The monoisotopic (exact) mass is 317 g/mol. The molecule has 116 valence electrons. The first-order valence-corrected chi connectivity index (χ1v) is 6.59. The molecule has 0 bridgehead atoms. The van der Waals surface area contributed by atoms with E-state index in [1.54, 1.807) is 20.8 Å². The molecule has 1 aromatic carbocycles. The van der Waals surface area contributed by atoms with Crippen LogP contribution in [0.25, 0.3) is 0 Å². The maximum Gasteiger partial charge on any atom is 0.326 e. The van der Waals surface area contributed by atoms with Gasteiger partial charge in [-0.05, 0) is 23.6 Å². The number of carboxylic acids is 1. The van der Waals surface area contributed by atoms with Crippen molar-refractivity contribution in [3.63, 3.8) is 0 Å². The molecule has 0 heterocycles. The Kier molecular flexibility index (Phi) is 5.54. The minimum Gasteiger partial charge on any atom is -0.482 e. The summed E-state index contributed by atoms with van der Waals surface area (Å²) in [4.78, 5) is 22.9. The third kappa shape index (κ3) is 5.23. The van der Waals surface area contributed by atoms with Crippen LogP contribution in [0.2, 0.25) is 5.02 Å². The summed E-state index contributed by atoms with van der Waals surface area (Å²) in [6.45, 7) is 4.68. The van der Waals surface area contributed by atoms with Crippen molar-refractivity contribution in [1.82, 2.24) is 5.32 Å². The third-order valence-electron chi connectivity index (χ3n) is 2.67. The van der Waals surface area contributed by atoms with Crippen molar-refractivity contribution < 1.29 is 23.8 Å². The first kappa shape index (κ1) is 17.2. The lowest BCUT2D eigenvalue weighted by molar-refractivity contribution is -0.145. The number of carboxylic acid groups (broad SMARTS) is 1. The number of rotatable bonds is 5. The van der Waals surface area contributed by atoms with Crippen molar-refractivity contribution in [2.45, 2.75) is 26.8 Å². The molecule has 0 aliphatic heterocycles. The van der Waals surface area contributed by atoms with Gasteiger partial charge in [0.25, 0.3) is 5.91 Å². The maximum atomic E-state index is 12.9. The van der Waals surface area contributed by atoms with E-state index < -0.39 is 35.8 Å². The second-order valence-corrected chi connectivity index (χ2v) is 5.98. The number of amides is 1. The van der Waals surface area contributed by atoms with E-state index in [1.807, 2.05) is 0 Å². The number of carbonyl (C=O) groups excluding carboxylic acids is 1. The number of nitrogens with one attached hydrogen (secondary N) is 1. The molecule has 0 fully saturated rings. The van der Waals surface area contributed by atoms with Gasteiger partial charge in [-0.25, -0.2) is 9.18 Å². The number of carbonyl (C=O) groups is 2. The molecular weight excluding hydrogens is 301 g/mol. The molecule has 1 atom stereocenters. The first-order chi connectivity index (χ1) is 9.61. The highest BCUT2D eigenvalue weighted by atomic mass is 35.5. The minimum atomic E-state index is -1.13. The SMILES string of the molecule is CC(C)(C)C(NC(=O)COc1ccc(F)cc1Cl)C(=O)O. The Morgan fingerprint density at radius 1 is 1.43 bits per heavy atom. The molecule has 1 rings (SSSR count). The molecule has 7 heteroatoms. The highest BCUT2D eigenvalue weighted by Crippen LogP contribution is 2.25. The number of hydrogen-bond donors (Lipinski definition) is 2. The zero-order valence-corrected chi connectivity index (χ0v) is 12.7. The van der Waals surface area contributed by atoms with Crippen LogP contribution in [0.1, 0.15) is 20.8 Å². The molecular formula is C14H17ClFNO4. The van der Waals surface area contributed by atoms with Gasteiger partial charge in [0.15, 0.2) is 6.61 Å². The van der Waals surface area contributed by atoms with Crippen LogP contribution >= 0.6 is 11.6 Å². The fourth-order valence-electron chi connectivity index (χ4n) is 1.59. The summed E-state index contributed by atoms with van der Waals surface area (Å²) < 4.78 is 18.0. The zero-order valence-electron chi connectivity index (χ0n) is 11.9. The summed E-state index contributed by atoms with van der Waals surface area (Å²) in [7, 11) is 0. The zero-order chi connectivity index (χ0) is 16.2. The van der Waals surface area contributed by atoms with E-state index in [2.05, 4.69) is 5.32 Å². The Labute approximate surface area is 127 Å². The summed E-state index contributed by atoms with van der Waals surface area (Å²) in [5.41, 5.74) is -0.644. The van der Waals surface area contributed by atoms with E-state index in [-0.39, 0.29) is 10.8 Å². The smallest absolute Gasteiger partial charge is 0.326 e. The predicted molar refractivity (Wildman–Crippen MR) is 75.9 cm³/mol. The molecule has 0 aliphatic rings. The van der Waals surface area contributed by atoms with Gasteiger partial charge in [0.05, 0.1) is 5.02 Å². The molecule has 21 heavy (non-hydrogen) atoms. The average Bonchev–Trinajstić information content (AvgIpc) is 2.33. The summed E-state index contributed by atoms with van der Waals surface area (Å²) in [6.07, 6.45) is 0. The van der Waals surface area contributed by atoms with Gasteiger partial charge >= 0.3 is 5.97 Å². The molecule has 2 N–H and O–H groups in total. The molecule has 0 aromatic heterocycles. The number of hydrogen-bond acceptors (Lipinski definition) is 3. The van der Waals surface area contributed by atoms with Crippen molar-refractivity contribution in [2.75, 3.05) is 6.61 Å². The summed E-state index contributed by atoms with van der Waals surface area (Å²) in [6, 6.07) is 2.46. The van der Waals surface area contributed by atoms with Gasteiger partial charge in [-0.3, -0.25) is 4.79 Å².